The first-order chi connectivity index (χ1) is 10.2. The van der Waals surface area contributed by atoms with E-state index in [9.17, 15) is 0 Å². The summed E-state index contributed by atoms with van der Waals surface area (Å²) in [6.45, 7) is 9.35. The molecule has 2 heterocycles. The van der Waals surface area contributed by atoms with Gasteiger partial charge in [-0.1, -0.05) is 20.3 Å². The minimum absolute atomic E-state index is 0.171. The topological polar surface area (TPSA) is 30.5 Å². The Balaban J connectivity index is 2.04. The number of rotatable bonds is 8. The van der Waals surface area contributed by atoms with Crippen LogP contribution >= 0.6 is 11.8 Å². The van der Waals surface area contributed by atoms with E-state index < -0.39 is 0 Å². The monoisotopic (exact) mass is 315 g/mol. The van der Waals surface area contributed by atoms with Crippen LogP contribution in [-0.2, 0) is 9.47 Å². The van der Waals surface area contributed by atoms with Crippen molar-refractivity contribution < 1.29 is 9.47 Å². The minimum atomic E-state index is 0.171. The van der Waals surface area contributed by atoms with Gasteiger partial charge in [-0.25, -0.2) is 0 Å². The molecule has 4 heteroatoms. The van der Waals surface area contributed by atoms with Gasteiger partial charge < -0.3 is 14.8 Å². The van der Waals surface area contributed by atoms with Gasteiger partial charge in [0.2, 0.25) is 0 Å². The Morgan fingerprint density at radius 1 is 1.38 bits per heavy atom. The Morgan fingerprint density at radius 3 is 2.86 bits per heavy atom. The van der Waals surface area contributed by atoms with Crippen LogP contribution in [0.3, 0.4) is 0 Å². The second kappa shape index (κ2) is 8.76. The smallest absolute Gasteiger partial charge is 0.0783 e. The molecule has 4 unspecified atom stereocenters. The van der Waals surface area contributed by atoms with Gasteiger partial charge in [0.05, 0.1) is 11.7 Å². The minimum Gasteiger partial charge on any atom is -0.377 e. The van der Waals surface area contributed by atoms with Gasteiger partial charge in [-0.15, -0.1) is 0 Å². The van der Waals surface area contributed by atoms with E-state index in [0.29, 0.717) is 18.1 Å². The first kappa shape index (κ1) is 17.6. The molecular weight excluding hydrogens is 282 g/mol. The van der Waals surface area contributed by atoms with Crippen LogP contribution in [0.2, 0.25) is 0 Å². The Bertz CT molecular complexity index is 289. The molecule has 0 aromatic carbocycles. The van der Waals surface area contributed by atoms with Gasteiger partial charge in [0.15, 0.2) is 0 Å². The second-order valence-electron chi connectivity index (χ2n) is 6.45. The summed E-state index contributed by atoms with van der Waals surface area (Å²) < 4.78 is 12.3. The van der Waals surface area contributed by atoms with Crippen molar-refractivity contribution in [2.24, 2.45) is 5.92 Å². The van der Waals surface area contributed by atoms with Crippen molar-refractivity contribution in [3.8, 4) is 0 Å². The van der Waals surface area contributed by atoms with E-state index in [4.69, 9.17) is 9.47 Å². The number of ether oxygens (including phenoxy) is 2. The van der Waals surface area contributed by atoms with Gasteiger partial charge in [0.1, 0.15) is 0 Å². The molecule has 3 nitrogen and oxygen atoms in total. The standard InChI is InChI=1S/C17H33NO2S/c1-4-7-15(19-6-3)16(18-5-2)14-8-10-20-17(12-14)9-11-21-13-17/h14-16,18H,4-13H2,1-3H3. The van der Waals surface area contributed by atoms with E-state index >= 15 is 0 Å². The molecular formula is C17H33NO2S. The van der Waals surface area contributed by atoms with Crippen LogP contribution in [0.15, 0.2) is 0 Å². The van der Waals surface area contributed by atoms with Gasteiger partial charge in [0, 0.05) is 25.0 Å². The molecule has 1 N–H and O–H groups in total. The normalized spacial score (nSPS) is 32.4. The molecule has 2 fully saturated rings. The van der Waals surface area contributed by atoms with Gasteiger partial charge in [-0.05, 0) is 50.8 Å². The van der Waals surface area contributed by atoms with Crippen molar-refractivity contribution in [3.63, 3.8) is 0 Å². The predicted octanol–water partition coefficient (Wildman–Crippen LogP) is 3.47. The van der Waals surface area contributed by atoms with E-state index in [-0.39, 0.29) is 5.60 Å². The lowest BCUT2D eigenvalue weighted by atomic mass is 9.78. The molecule has 2 rings (SSSR count). The zero-order valence-electron chi connectivity index (χ0n) is 14.0. The van der Waals surface area contributed by atoms with Crippen LogP contribution in [0.1, 0.15) is 52.9 Å². The van der Waals surface area contributed by atoms with Crippen LogP contribution in [-0.4, -0.2) is 49.0 Å². The van der Waals surface area contributed by atoms with E-state index in [1.165, 1.54) is 37.2 Å². The number of hydrogen-bond donors (Lipinski definition) is 1. The lowest BCUT2D eigenvalue weighted by molar-refractivity contribution is -0.0978. The molecule has 21 heavy (non-hydrogen) atoms. The average molecular weight is 316 g/mol. The largest absolute Gasteiger partial charge is 0.377 e. The maximum Gasteiger partial charge on any atom is 0.0783 e. The van der Waals surface area contributed by atoms with Crippen molar-refractivity contribution >= 4 is 11.8 Å². The molecule has 1 spiro atoms. The highest BCUT2D eigenvalue weighted by molar-refractivity contribution is 7.99. The third-order valence-electron chi connectivity index (χ3n) is 4.90. The van der Waals surface area contributed by atoms with Crippen LogP contribution in [0, 0.1) is 5.92 Å². The maximum absolute atomic E-state index is 6.20. The Morgan fingerprint density at radius 2 is 2.24 bits per heavy atom. The van der Waals surface area contributed by atoms with Crippen molar-refractivity contribution in [2.45, 2.75) is 70.6 Å². The number of thioether (sulfide) groups is 1. The molecule has 0 aliphatic carbocycles. The van der Waals surface area contributed by atoms with Gasteiger partial charge in [-0.3, -0.25) is 0 Å². The first-order valence-electron chi connectivity index (χ1n) is 8.81. The summed E-state index contributed by atoms with van der Waals surface area (Å²) in [5.74, 6) is 3.15. The van der Waals surface area contributed by atoms with Crippen molar-refractivity contribution in [1.29, 1.82) is 0 Å². The van der Waals surface area contributed by atoms with Gasteiger partial charge >= 0.3 is 0 Å². The summed E-state index contributed by atoms with van der Waals surface area (Å²) in [5.41, 5.74) is 0.171. The molecule has 0 saturated carbocycles. The number of nitrogens with one attached hydrogen (secondary N) is 1. The van der Waals surface area contributed by atoms with E-state index in [0.717, 1.165) is 26.2 Å². The first-order valence-corrected chi connectivity index (χ1v) is 9.96. The summed E-state index contributed by atoms with van der Waals surface area (Å²) in [5, 5.41) is 3.74. The average Bonchev–Trinajstić information content (AvgIpc) is 2.92. The quantitative estimate of drug-likeness (QED) is 0.743. The maximum atomic E-state index is 6.20. The number of hydrogen-bond acceptors (Lipinski definition) is 4. The molecule has 0 aromatic heterocycles. The predicted molar refractivity (Wildman–Crippen MR) is 91.1 cm³/mol. The summed E-state index contributed by atoms with van der Waals surface area (Å²) in [4.78, 5) is 0. The fourth-order valence-corrected chi connectivity index (χ4v) is 5.32. The summed E-state index contributed by atoms with van der Waals surface area (Å²) in [6.07, 6.45) is 6.33. The van der Waals surface area contributed by atoms with Crippen molar-refractivity contribution in [3.05, 3.63) is 0 Å². The molecule has 124 valence electrons. The van der Waals surface area contributed by atoms with E-state index in [1.807, 2.05) is 0 Å². The number of likely N-dealkylation sites (N-methyl/N-ethyl adjacent to an activating group) is 1. The Labute approximate surface area is 134 Å². The third kappa shape index (κ3) is 4.60. The van der Waals surface area contributed by atoms with Crippen LogP contribution in [0.25, 0.3) is 0 Å². The molecule has 0 radical (unpaired) electrons. The Kier molecular flexibility index (Phi) is 7.33. The summed E-state index contributed by atoms with van der Waals surface area (Å²) in [7, 11) is 0. The highest BCUT2D eigenvalue weighted by Gasteiger charge is 2.43. The third-order valence-corrected chi connectivity index (χ3v) is 6.12. The summed E-state index contributed by atoms with van der Waals surface area (Å²) >= 11 is 2.06. The SMILES string of the molecule is CCCC(OCC)C(NCC)C1CCOC2(CCSC2)C1. The van der Waals surface area contributed by atoms with Gasteiger partial charge in [0.25, 0.3) is 0 Å². The van der Waals surface area contributed by atoms with Crippen LogP contribution in [0.5, 0.6) is 0 Å². The summed E-state index contributed by atoms with van der Waals surface area (Å²) in [6, 6.07) is 0.487. The zero-order chi connectivity index (χ0) is 15.1. The molecule has 0 bridgehead atoms. The second-order valence-corrected chi connectivity index (χ2v) is 7.56. The van der Waals surface area contributed by atoms with E-state index in [2.05, 4.69) is 37.8 Å². The molecule has 0 amide bonds. The van der Waals surface area contributed by atoms with Crippen molar-refractivity contribution in [2.75, 3.05) is 31.3 Å². The molecule has 2 aliphatic rings. The van der Waals surface area contributed by atoms with Gasteiger partial charge in [-0.2, -0.15) is 11.8 Å². The molecule has 4 atom stereocenters. The van der Waals surface area contributed by atoms with Crippen LogP contribution in [0.4, 0.5) is 0 Å². The van der Waals surface area contributed by atoms with Crippen molar-refractivity contribution in [1.82, 2.24) is 5.32 Å². The molecule has 0 aromatic rings. The lowest BCUT2D eigenvalue weighted by Crippen LogP contribution is -2.52. The highest BCUT2D eigenvalue weighted by atomic mass is 32.2. The Hall–Kier alpha value is 0.230. The molecule has 2 aliphatic heterocycles. The van der Waals surface area contributed by atoms with E-state index in [1.54, 1.807) is 0 Å². The zero-order valence-corrected chi connectivity index (χ0v) is 14.8. The fraction of sp³-hybridized carbons (Fsp3) is 1.00. The fourth-order valence-electron chi connectivity index (χ4n) is 3.94. The van der Waals surface area contributed by atoms with Crippen LogP contribution < -0.4 is 5.32 Å². The lowest BCUT2D eigenvalue weighted by Gasteiger charge is -2.43. The molecule has 2 saturated heterocycles. The highest BCUT2D eigenvalue weighted by Crippen LogP contribution is 2.42.